The maximum atomic E-state index is 12.1. The first-order chi connectivity index (χ1) is 8.43. The summed E-state index contributed by atoms with van der Waals surface area (Å²) in [4.78, 5) is 12.1. The molecule has 1 rings (SSSR count). The third kappa shape index (κ3) is 3.95. The Hall–Kier alpha value is -1.71. The second kappa shape index (κ2) is 6.28. The van der Waals surface area contributed by atoms with Crippen LogP contribution in [-0.2, 0) is 0 Å². The van der Waals surface area contributed by atoms with Gasteiger partial charge in [0.15, 0.2) is 0 Å². The Morgan fingerprint density at radius 1 is 1.33 bits per heavy atom. The molecule has 4 heteroatoms. The van der Waals surface area contributed by atoms with Gasteiger partial charge < -0.3 is 16.4 Å². The normalized spacial score (nSPS) is 12.3. The van der Waals surface area contributed by atoms with E-state index in [1.165, 1.54) is 0 Å². The number of hydrogen-bond acceptors (Lipinski definition) is 3. The summed E-state index contributed by atoms with van der Waals surface area (Å²) >= 11 is 0. The van der Waals surface area contributed by atoms with Crippen molar-refractivity contribution in [2.75, 3.05) is 11.1 Å². The monoisotopic (exact) mass is 249 g/mol. The highest BCUT2D eigenvalue weighted by Gasteiger charge is 2.13. The predicted molar refractivity (Wildman–Crippen MR) is 76.8 cm³/mol. The predicted octanol–water partition coefficient (Wildman–Crippen LogP) is 2.62. The average molecular weight is 249 g/mol. The molecule has 0 saturated carbocycles. The van der Waals surface area contributed by atoms with Crippen molar-refractivity contribution >= 4 is 17.3 Å². The van der Waals surface area contributed by atoms with E-state index < -0.39 is 0 Å². The number of nitrogens with one attached hydrogen (secondary N) is 2. The zero-order chi connectivity index (χ0) is 13.7. The summed E-state index contributed by atoms with van der Waals surface area (Å²) in [6, 6.07) is 5.80. The highest BCUT2D eigenvalue weighted by Crippen LogP contribution is 2.20. The third-order valence-electron chi connectivity index (χ3n) is 2.72. The van der Waals surface area contributed by atoms with Gasteiger partial charge in [-0.15, -0.1) is 0 Å². The average Bonchev–Trinajstić information content (AvgIpc) is 2.30. The molecule has 0 aliphatic carbocycles. The van der Waals surface area contributed by atoms with Crippen LogP contribution in [0.15, 0.2) is 18.2 Å². The lowest BCUT2D eigenvalue weighted by Gasteiger charge is -2.18. The fraction of sp³-hybridized carbons (Fsp3) is 0.500. The fourth-order valence-corrected chi connectivity index (χ4v) is 1.58. The van der Waals surface area contributed by atoms with Crippen LogP contribution in [0.5, 0.6) is 0 Å². The lowest BCUT2D eigenvalue weighted by molar-refractivity contribution is 0.0944. The first-order valence-electron chi connectivity index (χ1n) is 6.41. The first-order valence-corrected chi connectivity index (χ1v) is 6.41. The molecule has 0 fully saturated rings. The minimum atomic E-state index is -0.0943. The van der Waals surface area contributed by atoms with Gasteiger partial charge in [0.25, 0.3) is 5.91 Å². The summed E-state index contributed by atoms with van der Waals surface area (Å²) in [7, 11) is 0. The fourth-order valence-electron chi connectivity index (χ4n) is 1.58. The van der Waals surface area contributed by atoms with Gasteiger partial charge >= 0.3 is 0 Å². The number of amides is 1. The van der Waals surface area contributed by atoms with Crippen LogP contribution in [-0.4, -0.2) is 18.0 Å². The zero-order valence-corrected chi connectivity index (χ0v) is 11.6. The van der Waals surface area contributed by atoms with Gasteiger partial charge in [-0.05, 0) is 45.4 Å². The molecule has 100 valence electrons. The third-order valence-corrected chi connectivity index (χ3v) is 2.72. The van der Waals surface area contributed by atoms with Crippen LogP contribution in [0.1, 0.15) is 44.5 Å². The SMILES string of the molecule is CCC(C)Nc1ccc(N)cc1C(=O)NC(C)C. The van der Waals surface area contributed by atoms with Gasteiger partial charge in [-0.25, -0.2) is 0 Å². The first kappa shape index (κ1) is 14.4. The lowest BCUT2D eigenvalue weighted by Crippen LogP contribution is -2.31. The summed E-state index contributed by atoms with van der Waals surface area (Å²) in [6.07, 6.45) is 0.996. The highest BCUT2D eigenvalue weighted by molar-refractivity contribution is 6.00. The van der Waals surface area contributed by atoms with Gasteiger partial charge in [-0.3, -0.25) is 4.79 Å². The molecule has 4 N–H and O–H groups in total. The standard InChI is InChI=1S/C14H23N3O/c1-5-10(4)17-13-7-6-11(15)8-12(13)14(18)16-9(2)3/h6-10,17H,5,15H2,1-4H3,(H,16,18). The van der Waals surface area contributed by atoms with E-state index in [0.717, 1.165) is 12.1 Å². The molecule has 0 aliphatic rings. The number of rotatable bonds is 5. The van der Waals surface area contributed by atoms with Gasteiger partial charge in [0.2, 0.25) is 0 Å². The van der Waals surface area contributed by atoms with Crippen LogP contribution >= 0.6 is 0 Å². The number of nitrogen functional groups attached to an aromatic ring is 1. The van der Waals surface area contributed by atoms with Gasteiger partial charge in [-0.1, -0.05) is 6.92 Å². The Labute approximate surface area is 109 Å². The highest BCUT2D eigenvalue weighted by atomic mass is 16.1. The van der Waals surface area contributed by atoms with Crippen LogP contribution in [0.25, 0.3) is 0 Å². The molecule has 4 nitrogen and oxygen atoms in total. The maximum absolute atomic E-state index is 12.1. The Morgan fingerprint density at radius 3 is 2.56 bits per heavy atom. The lowest BCUT2D eigenvalue weighted by atomic mass is 10.1. The van der Waals surface area contributed by atoms with Gasteiger partial charge in [0.05, 0.1) is 5.56 Å². The van der Waals surface area contributed by atoms with Gasteiger partial charge in [0, 0.05) is 23.5 Å². The minimum absolute atomic E-state index is 0.0943. The molecule has 0 bridgehead atoms. The minimum Gasteiger partial charge on any atom is -0.399 e. The van der Waals surface area contributed by atoms with E-state index in [9.17, 15) is 4.79 Å². The number of nitrogens with two attached hydrogens (primary N) is 1. The topological polar surface area (TPSA) is 67.1 Å². The molecule has 0 radical (unpaired) electrons. The van der Waals surface area contributed by atoms with Crippen molar-refractivity contribution in [3.05, 3.63) is 23.8 Å². The van der Waals surface area contributed by atoms with E-state index in [0.29, 0.717) is 17.3 Å². The van der Waals surface area contributed by atoms with Gasteiger partial charge in [0.1, 0.15) is 0 Å². The molecular formula is C14H23N3O. The molecule has 0 spiro atoms. The molecule has 1 aromatic carbocycles. The molecular weight excluding hydrogens is 226 g/mol. The molecule has 18 heavy (non-hydrogen) atoms. The Morgan fingerprint density at radius 2 is 2.00 bits per heavy atom. The Bertz CT molecular complexity index is 416. The van der Waals surface area contributed by atoms with E-state index in [1.54, 1.807) is 12.1 Å². The van der Waals surface area contributed by atoms with Crippen LogP contribution in [0.2, 0.25) is 0 Å². The van der Waals surface area contributed by atoms with E-state index >= 15 is 0 Å². The molecule has 1 atom stereocenters. The quantitative estimate of drug-likeness (QED) is 0.703. The molecule has 1 aromatic rings. The second-order valence-electron chi connectivity index (χ2n) is 4.89. The largest absolute Gasteiger partial charge is 0.399 e. The molecule has 0 saturated heterocycles. The Kier molecular flexibility index (Phi) is 5.01. The van der Waals surface area contributed by atoms with E-state index in [-0.39, 0.29) is 11.9 Å². The molecule has 0 aliphatic heterocycles. The number of carbonyl (C=O) groups excluding carboxylic acids is 1. The summed E-state index contributed by atoms with van der Waals surface area (Å²) in [5.74, 6) is -0.0943. The molecule has 0 heterocycles. The number of hydrogen-bond donors (Lipinski definition) is 3. The molecule has 1 amide bonds. The van der Waals surface area contributed by atoms with Crippen molar-refractivity contribution in [3.8, 4) is 0 Å². The summed E-state index contributed by atoms with van der Waals surface area (Å²) in [5, 5.41) is 6.21. The summed E-state index contributed by atoms with van der Waals surface area (Å²) in [5.41, 5.74) is 7.78. The van der Waals surface area contributed by atoms with Crippen molar-refractivity contribution in [2.45, 2.75) is 46.2 Å². The zero-order valence-electron chi connectivity index (χ0n) is 11.6. The van der Waals surface area contributed by atoms with E-state index in [4.69, 9.17) is 5.73 Å². The van der Waals surface area contributed by atoms with Crippen molar-refractivity contribution in [2.24, 2.45) is 0 Å². The smallest absolute Gasteiger partial charge is 0.253 e. The second-order valence-corrected chi connectivity index (χ2v) is 4.89. The van der Waals surface area contributed by atoms with Crippen molar-refractivity contribution < 1.29 is 4.79 Å². The van der Waals surface area contributed by atoms with Crippen LogP contribution in [0.4, 0.5) is 11.4 Å². The van der Waals surface area contributed by atoms with Crippen molar-refractivity contribution in [1.29, 1.82) is 0 Å². The molecule has 1 unspecified atom stereocenters. The number of anilines is 2. The summed E-state index contributed by atoms with van der Waals surface area (Å²) < 4.78 is 0. The van der Waals surface area contributed by atoms with Crippen molar-refractivity contribution in [1.82, 2.24) is 5.32 Å². The number of benzene rings is 1. The number of carbonyl (C=O) groups is 1. The van der Waals surface area contributed by atoms with E-state index in [2.05, 4.69) is 24.5 Å². The van der Waals surface area contributed by atoms with Crippen LogP contribution in [0, 0.1) is 0 Å². The van der Waals surface area contributed by atoms with Crippen LogP contribution < -0.4 is 16.4 Å². The van der Waals surface area contributed by atoms with Gasteiger partial charge in [-0.2, -0.15) is 0 Å². The summed E-state index contributed by atoms with van der Waals surface area (Å²) in [6.45, 7) is 8.06. The maximum Gasteiger partial charge on any atom is 0.253 e. The molecule has 0 aromatic heterocycles. The van der Waals surface area contributed by atoms with Crippen molar-refractivity contribution in [3.63, 3.8) is 0 Å². The van der Waals surface area contributed by atoms with Crippen LogP contribution in [0.3, 0.4) is 0 Å². The Balaban J connectivity index is 2.99. The van der Waals surface area contributed by atoms with E-state index in [1.807, 2.05) is 19.9 Å².